The summed E-state index contributed by atoms with van der Waals surface area (Å²) >= 11 is 0. The highest BCUT2D eigenvalue weighted by Gasteiger charge is 2.29. The van der Waals surface area contributed by atoms with E-state index in [1.165, 1.54) is 18.1 Å². The first kappa shape index (κ1) is 30.9. The lowest BCUT2D eigenvalue weighted by Gasteiger charge is -2.19. The molecule has 1 atom stereocenters. The Balaban J connectivity index is 0.000000494. The maximum absolute atomic E-state index is 13.0. The fraction of sp³-hybridized carbons (Fsp3) is 0.720. The molecule has 6 nitrogen and oxygen atoms in total. The number of halogens is 2. The van der Waals surface area contributed by atoms with Crippen LogP contribution in [0.3, 0.4) is 0 Å². The van der Waals surface area contributed by atoms with Crippen LogP contribution in [0.1, 0.15) is 91.9 Å². The molecule has 8 heteroatoms. The van der Waals surface area contributed by atoms with Gasteiger partial charge in [0.05, 0.1) is 6.54 Å². The van der Waals surface area contributed by atoms with Crippen LogP contribution in [-0.4, -0.2) is 24.0 Å². The van der Waals surface area contributed by atoms with E-state index in [4.69, 9.17) is 10.5 Å². The second-order valence-corrected chi connectivity index (χ2v) is 8.53. The van der Waals surface area contributed by atoms with E-state index >= 15 is 0 Å². The molecule has 0 aliphatic heterocycles. The van der Waals surface area contributed by atoms with E-state index in [0.29, 0.717) is 25.3 Å². The average Bonchev–Trinajstić information content (AvgIpc) is 2.74. The maximum atomic E-state index is 13.0. The highest BCUT2D eigenvalue weighted by molar-refractivity contribution is 5.22. The first-order chi connectivity index (χ1) is 15.7. The number of aromatic nitrogens is 1. The molecule has 0 saturated heterocycles. The molecule has 1 saturated carbocycles. The number of ether oxygens (including phenoxy) is 1. The lowest BCUT2D eigenvalue weighted by atomic mass is 9.91. The van der Waals surface area contributed by atoms with Gasteiger partial charge in [0.2, 0.25) is 11.5 Å². The summed E-state index contributed by atoms with van der Waals surface area (Å²) in [4.78, 5) is 22.8. The van der Waals surface area contributed by atoms with Crippen LogP contribution >= 0.6 is 0 Å². The van der Waals surface area contributed by atoms with Gasteiger partial charge < -0.3 is 15.5 Å². The van der Waals surface area contributed by atoms with Crippen molar-refractivity contribution < 1.29 is 13.5 Å². The molecule has 1 aromatic heterocycles. The van der Waals surface area contributed by atoms with Crippen molar-refractivity contribution in [3.63, 3.8) is 0 Å². The maximum Gasteiger partial charge on any atom is 0.248 e. The zero-order valence-corrected chi connectivity index (χ0v) is 20.8. The molecular formula is C25H43F2N3O3. The second kappa shape index (κ2) is 18.3. The summed E-state index contributed by atoms with van der Waals surface area (Å²) < 4.78 is 31.7. The third-order valence-electron chi connectivity index (χ3n) is 5.43. The van der Waals surface area contributed by atoms with Gasteiger partial charge >= 0.3 is 0 Å². The number of pyridine rings is 1. The van der Waals surface area contributed by atoms with E-state index in [1.54, 1.807) is 12.3 Å². The average molecular weight is 472 g/mol. The Morgan fingerprint density at radius 3 is 2.39 bits per heavy atom. The summed E-state index contributed by atoms with van der Waals surface area (Å²) in [5, 5.41) is 2.67. The second-order valence-electron chi connectivity index (χ2n) is 8.53. The number of hydrogen-bond acceptors (Lipinski definition) is 5. The number of H-pyrrole nitrogens is 1. The van der Waals surface area contributed by atoms with E-state index in [0.717, 1.165) is 44.3 Å². The number of aromatic amines is 1. The first-order valence-corrected chi connectivity index (χ1v) is 12.1. The lowest BCUT2D eigenvalue weighted by molar-refractivity contribution is -0.0310. The van der Waals surface area contributed by atoms with Crippen LogP contribution in [0.2, 0.25) is 0 Å². The number of unbranched alkanes of at least 4 members (excludes halogenated alkanes) is 2. The van der Waals surface area contributed by atoms with Crippen molar-refractivity contribution in [2.75, 3.05) is 13.1 Å². The number of rotatable bonds is 12. The molecule has 1 fully saturated rings. The van der Waals surface area contributed by atoms with Crippen LogP contribution in [0.4, 0.5) is 8.78 Å². The van der Waals surface area contributed by atoms with Crippen molar-refractivity contribution in [1.29, 1.82) is 0 Å². The van der Waals surface area contributed by atoms with Gasteiger partial charge in [0.25, 0.3) is 0 Å². The standard InChI is InChI=1S/C11H13NO2.C10H20F2.C4H10N2O/c1-8(9-3-2-4-9)14-10-5-6-11(13)12-7-10;1-4-6-7-10(11,12)8-9(3)5-2;5-3-1-2-4-6-7/h5-7H,2-4H2,1H3,(H,12,13);9H,4-8H2,1-3H3;1-5H2. The molecule has 0 bridgehead atoms. The van der Waals surface area contributed by atoms with Crippen molar-refractivity contribution >= 4 is 0 Å². The zero-order valence-electron chi connectivity index (χ0n) is 20.8. The molecule has 1 aromatic rings. The quantitative estimate of drug-likeness (QED) is 0.196. The fourth-order valence-electron chi connectivity index (χ4n) is 2.93. The van der Waals surface area contributed by atoms with E-state index in [1.807, 2.05) is 27.7 Å². The molecule has 0 aromatic carbocycles. The molecular weight excluding hydrogens is 428 g/mol. The molecule has 3 N–H and O–H groups in total. The summed E-state index contributed by atoms with van der Waals surface area (Å²) in [6.07, 6.45) is 9.36. The van der Waals surface area contributed by atoms with E-state index in [9.17, 15) is 18.5 Å². The van der Waals surface area contributed by atoms with Crippen molar-refractivity contribution in [3.05, 3.63) is 44.9 Å². The summed E-state index contributed by atoms with van der Waals surface area (Å²) in [7, 11) is 0. The fourth-order valence-corrected chi connectivity index (χ4v) is 2.93. The molecule has 0 amide bonds. The van der Waals surface area contributed by atoms with E-state index in [-0.39, 0.29) is 24.3 Å². The summed E-state index contributed by atoms with van der Waals surface area (Å²) in [5.41, 5.74) is 6.41. The van der Waals surface area contributed by atoms with Crippen LogP contribution in [0.15, 0.2) is 39.6 Å². The predicted octanol–water partition coefficient (Wildman–Crippen LogP) is 6.95. The molecule has 1 unspecified atom stereocenters. The van der Waals surface area contributed by atoms with Gasteiger partial charge in [-0.2, -0.15) is 4.91 Å². The van der Waals surface area contributed by atoms with Gasteiger partial charge in [0.1, 0.15) is 11.5 Å². The third kappa shape index (κ3) is 16.2. The monoisotopic (exact) mass is 471 g/mol. The minimum absolute atomic E-state index is 0.0590. The Morgan fingerprint density at radius 2 is 1.94 bits per heavy atom. The lowest BCUT2D eigenvalue weighted by Crippen LogP contribution is -2.19. The van der Waals surface area contributed by atoms with Crippen LogP contribution < -0.4 is 16.0 Å². The Hall–Kier alpha value is -2.09. The Labute approximate surface area is 197 Å². The molecule has 0 radical (unpaired) electrons. The Morgan fingerprint density at radius 1 is 1.24 bits per heavy atom. The van der Waals surface area contributed by atoms with Gasteiger partial charge in [-0.05, 0) is 69.6 Å². The Kier molecular flexibility index (Phi) is 17.2. The summed E-state index contributed by atoms with van der Waals surface area (Å²) in [6.45, 7) is 8.84. The molecule has 1 heterocycles. The Bertz CT molecular complexity index is 709. The van der Waals surface area contributed by atoms with Gasteiger partial charge in [-0.1, -0.05) is 38.8 Å². The van der Waals surface area contributed by atoms with Crippen molar-refractivity contribution in [3.8, 4) is 5.75 Å². The number of allylic oxidation sites excluding steroid dienone is 2. The minimum Gasteiger partial charge on any atom is -0.461 e. The normalized spacial score (nSPS) is 13.5. The van der Waals surface area contributed by atoms with Gasteiger partial charge in [0.15, 0.2) is 0 Å². The van der Waals surface area contributed by atoms with Crippen LogP contribution in [0, 0.1) is 10.8 Å². The van der Waals surface area contributed by atoms with Crippen LogP contribution in [-0.2, 0) is 0 Å². The highest BCUT2D eigenvalue weighted by Crippen LogP contribution is 2.30. The number of nitrogens with two attached hydrogens (primary N) is 1. The molecule has 0 spiro atoms. The number of nitroso groups, excluding NO2 is 1. The van der Waals surface area contributed by atoms with E-state index in [2.05, 4.69) is 10.2 Å². The molecule has 1 aliphatic carbocycles. The minimum atomic E-state index is -2.43. The van der Waals surface area contributed by atoms with Crippen LogP contribution in [0.5, 0.6) is 5.75 Å². The smallest absolute Gasteiger partial charge is 0.248 e. The SMILES string of the molecule is CC(Oc1ccc(=O)[nH]c1)=C1CCC1.CCCCC(F)(F)CC(C)CC.NCCCCN=O. The largest absolute Gasteiger partial charge is 0.461 e. The van der Waals surface area contributed by atoms with Crippen molar-refractivity contribution in [2.24, 2.45) is 16.8 Å². The van der Waals surface area contributed by atoms with Crippen LogP contribution in [0.25, 0.3) is 0 Å². The third-order valence-corrected chi connectivity index (χ3v) is 5.43. The van der Waals surface area contributed by atoms with Gasteiger partial charge in [-0.25, -0.2) is 8.78 Å². The zero-order chi connectivity index (χ0) is 25.1. The number of nitrogens with zero attached hydrogens (tertiary/aromatic N) is 1. The summed E-state index contributed by atoms with van der Waals surface area (Å²) in [5.74, 6) is -0.604. The van der Waals surface area contributed by atoms with Gasteiger partial charge in [0, 0.05) is 25.1 Å². The van der Waals surface area contributed by atoms with Crippen molar-refractivity contribution in [1.82, 2.24) is 4.98 Å². The molecule has 33 heavy (non-hydrogen) atoms. The molecule has 1 aliphatic rings. The number of alkyl halides is 2. The van der Waals surface area contributed by atoms with Crippen molar-refractivity contribution in [2.45, 2.75) is 97.8 Å². The molecule has 2 rings (SSSR count). The highest BCUT2D eigenvalue weighted by atomic mass is 19.3. The molecule has 190 valence electrons. The number of nitrogens with one attached hydrogen (secondary N) is 1. The first-order valence-electron chi connectivity index (χ1n) is 12.1. The topological polar surface area (TPSA) is 97.5 Å². The summed E-state index contributed by atoms with van der Waals surface area (Å²) in [6, 6.07) is 3.15. The van der Waals surface area contributed by atoms with E-state index < -0.39 is 5.92 Å². The number of hydrogen-bond donors (Lipinski definition) is 2. The van der Waals surface area contributed by atoms with Gasteiger partial charge in [-0.3, -0.25) is 4.79 Å². The van der Waals surface area contributed by atoms with Gasteiger partial charge in [-0.15, -0.1) is 0 Å². The predicted molar refractivity (Wildman–Crippen MR) is 132 cm³/mol.